The Hall–Kier alpha value is -4.06. The fraction of sp³-hybridized carbons (Fsp3) is 0.639. The molecular formula is C36H40N2O14S. The summed E-state index contributed by atoms with van der Waals surface area (Å²) in [6.45, 7) is 8.00. The van der Waals surface area contributed by atoms with Crippen LogP contribution in [0.5, 0.6) is 5.88 Å². The third-order valence-electron chi connectivity index (χ3n) is 12.8. The van der Waals surface area contributed by atoms with Gasteiger partial charge in [-0.3, -0.25) is 14.2 Å². The first-order valence-corrected chi connectivity index (χ1v) is 19.5. The molecule has 284 valence electrons. The van der Waals surface area contributed by atoms with Crippen molar-refractivity contribution in [3.63, 3.8) is 0 Å². The second-order valence-electron chi connectivity index (χ2n) is 15.7. The number of nitrogens with zero attached hydrogens (tertiary/aromatic N) is 2. The molecule has 1 aromatic heterocycles. The van der Waals surface area contributed by atoms with Crippen molar-refractivity contribution in [3.8, 4) is 5.88 Å². The summed E-state index contributed by atoms with van der Waals surface area (Å²) in [5.74, 6) is -1.96. The predicted octanol–water partition coefficient (Wildman–Crippen LogP) is 2.29. The molecule has 2 aromatic rings. The second-order valence-corrected chi connectivity index (χ2v) is 17.5. The first kappa shape index (κ1) is 34.7. The minimum absolute atomic E-state index is 0.0163. The number of benzene rings is 1. The number of carbonyl (C=O) groups is 3. The zero-order chi connectivity index (χ0) is 37.3. The number of hydrogen-bond donors (Lipinski definition) is 0. The molecule has 53 heavy (non-hydrogen) atoms. The van der Waals surface area contributed by atoms with E-state index in [2.05, 4.69) is 16.7 Å². The molecular weight excluding hydrogens is 716 g/mol. The van der Waals surface area contributed by atoms with Crippen molar-refractivity contribution >= 4 is 27.7 Å². The Bertz CT molecular complexity index is 2050. The molecule has 3 saturated heterocycles. The summed E-state index contributed by atoms with van der Waals surface area (Å²) in [7, 11) is -4.29. The molecule has 9 rings (SSSR count). The molecule has 17 heteroatoms. The molecule has 0 N–H and O–H groups in total. The van der Waals surface area contributed by atoms with Gasteiger partial charge < -0.3 is 38.4 Å². The van der Waals surface area contributed by atoms with Gasteiger partial charge in [-0.15, -0.1) is 0 Å². The third-order valence-corrected chi connectivity index (χ3v) is 14.5. The maximum Gasteiger partial charge on any atom is 0.414 e. The lowest BCUT2D eigenvalue weighted by Gasteiger charge is -2.53. The Kier molecular flexibility index (Phi) is 7.51. The molecule has 2 spiro atoms. The summed E-state index contributed by atoms with van der Waals surface area (Å²) in [6, 6.07) is 7.30. The van der Waals surface area contributed by atoms with Crippen LogP contribution in [-0.4, -0.2) is 92.0 Å². The van der Waals surface area contributed by atoms with Gasteiger partial charge in [0.2, 0.25) is 0 Å². The van der Waals surface area contributed by atoms with Gasteiger partial charge in [-0.25, -0.2) is 13.2 Å². The van der Waals surface area contributed by atoms with Crippen molar-refractivity contribution in [2.45, 2.75) is 123 Å². The standard InChI is InChI=1S/C36H40N2O14S/c1-18(2)34-27(50-34)28-36(51-28)33(4)14-12-21-22(17-46-31(21)41)23(33)16-24-35(36,49-24)32(34)48-26(40)11-10-25(39)47-19(3)13-15-45-29-30(38(42)52-37-29)53(43,44)20-8-6-5-7-9-20/h5-9,18-19,23-24,27-28,32H,10-17H2,1-4H3/t19?,23-,24-,27-,28-,32+,33-,34-,35+,36+/m0/s1. The number of epoxide rings is 3. The highest BCUT2D eigenvalue weighted by molar-refractivity contribution is 7.91. The minimum Gasteiger partial charge on any atom is -0.463 e. The minimum atomic E-state index is -4.29. The van der Waals surface area contributed by atoms with Gasteiger partial charge in [-0.2, -0.15) is 0 Å². The number of cyclic esters (lactones) is 1. The molecule has 4 aliphatic heterocycles. The van der Waals surface area contributed by atoms with Crippen LogP contribution < -0.4 is 9.64 Å². The van der Waals surface area contributed by atoms with Crippen LogP contribution in [0.15, 0.2) is 56.0 Å². The van der Waals surface area contributed by atoms with Gasteiger partial charge >= 0.3 is 28.8 Å². The molecule has 0 amide bonds. The highest BCUT2D eigenvalue weighted by Crippen LogP contribution is 2.83. The van der Waals surface area contributed by atoms with Crippen LogP contribution >= 0.6 is 0 Å². The monoisotopic (exact) mass is 756 g/mol. The Morgan fingerprint density at radius 1 is 1.08 bits per heavy atom. The maximum atomic E-state index is 13.5. The highest BCUT2D eigenvalue weighted by Gasteiger charge is 3.01. The highest BCUT2D eigenvalue weighted by atomic mass is 32.2. The molecule has 10 atom stereocenters. The normalized spacial score (nSPS) is 37.5. The molecule has 5 heterocycles. The number of ether oxygens (including phenoxy) is 7. The summed E-state index contributed by atoms with van der Waals surface area (Å²) in [5, 5.41) is 14.8. The van der Waals surface area contributed by atoms with Crippen molar-refractivity contribution in [2.75, 3.05) is 13.2 Å². The van der Waals surface area contributed by atoms with Crippen LogP contribution in [0.1, 0.15) is 66.2 Å². The van der Waals surface area contributed by atoms with E-state index in [1.54, 1.807) is 13.0 Å². The molecule has 5 fully saturated rings. The maximum absolute atomic E-state index is 13.5. The fourth-order valence-electron chi connectivity index (χ4n) is 10.1. The van der Waals surface area contributed by atoms with E-state index < -0.39 is 61.7 Å². The number of carbonyl (C=O) groups excluding carboxylic acids is 3. The van der Waals surface area contributed by atoms with Crippen molar-refractivity contribution in [1.29, 1.82) is 0 Å². The van der Waals surface area contributed by atoms with Crippen LogP contribution in [0.25, 0.3) is 0 Å². The first-order valence-electron chi connectivity index (χ1n) is 18.1. The molecule has 3 aliphatic carbocycles. The Morgan fingerprint density at radius 2 is 1.83 bits per heavy atom. The van der Waals surface area contributed by atoms with Crippen LogP contribution in [0, 0.1) is 22.5 Å². The smallest absolute Gasteiger partial charge is 0.414 e. The van der Waals surface area contributed by atoms with Gasteiger partial charge in [0.05, 0.1) is 35.6 Å². The van der Waals surface area contributed by atoms with E-state index in [-0.39, 0.29) is 83.8 Å². The summed E-state index contributed by atoms with van der Waals surface area (Å²) in [4.78, 5) is 38.4. The lowest BCUT2D eigenvalue weighted by Crippen LogP contribution is -2.70. The first-order chi connectivity index (χ1) is 25.2. The Balaban J connectivity index is 0.826. The summed E-state index contributed by atoms with van der Waals surface area (Å²) >= 11 is 0. The molecule has 1 unspecified atom stereocenters. The van der Waals surface area contributed by atoms with Crippen molar-refractivity contribution in [3.05, 3.63) is 46.7 Å². The molecule has 16 nitrogen and oxygen atoms in total. The van der Waals surface area contributed by atoms with E-state index in [1.165, 1.54) is 24.3 Å². The largest absolute Gasteiger partial charge is 0.463 e. The zero-order valence-corrected chi connectivity index (χ0v) is 30.4. The van der Waals surface area contributed by atoms with E-state index >= 15 is 0 Å². The number of sulfone groups is 1. The average Bonchev–Trinajstić information content (AvgIpc) is 4.06. The molecule has 0 bridgehead atoms. The number of aromatic nitrogens is 2. The van der Waals surface area contributed by atoms with E-state index in [4.69, 9.17) is 33.2 Å². The van der Waals surface area contributed by atoms with Crippen molar-refractivity contribution in [1.82, 2.24) is 5.16 Å². The average molecular weight is 757 g/mol. The van der Waals surface area contributed by atoms with Gasteiger partial charge in [0.1, 0.15) is 36.1 Å². The Labute approximate surface area is 304 Å². The van der Waals surface area contributed by atoms with Gasteiger partial charge in [-0.05, 0) is 60.6 Å². The van der Waals surface area contributed by atoms with Crippen molar-refractivity contribution < 1.29 is 65.5 Å². The zero-order valence-electron chi connectivity index (χ0n) is 29.6. The molecule has 1 aromatic carbocycles. The summed E-state index contributed by atoms with van der Waals surface area (Å²) < 4.78 is 72.9. The van der Waals surface area contributed by atoms with Gasteiger partial charge in [-0.1, -0.05) is 39.0 Å². The van der Waals surface area contributed by atoms with Crippen molar-refractivity contribution in [2.24, 2.45) is 17.3 Å². The van der Waals surface area contributed by atoms with Crippen LogP contribution in [0.3, 0.4) is 0 Å². The lowest BCUT2D eigenvalue weighted by molar-refractivity contribution is -0.832. The van der Waals surface area contributed by atoms with Gasteiger partial charge in [0.25, 0.3) is 9.84 Å². The fourth-order valence-corrected chi connectivity index (χ4v) is 11.4. The third kappa shape index (κ3) is 4.62. The van der Waals surface area contributed by atoms with E-state index in [1.807, 2.05) is 13.8 Å². The lowest BCUT2D eigenvalue weighted by atomic mass is 9.46. The second kappa shape index (κ2) is 11.5. The van der Waals surface area contributed by atoms with E-state index in [0.29, 0.717) is 19.3 Å². The molecule has 7 aliphatic rings. The Morgan fingerprint density at radius 3 is 2.58 bits per heavy atom. The molecule has 0 radical (unpaired) electrons. The van der Waals surface area contributed by atoms with E-state index in [9.17, 15) is 28.0 Å². The quantitative estimate of drug-likeness (QED) is 0.132. The number of fused-ring (bicyclic) bond motifs is 4. The number of hydrogen-bond acceptors (Lipinski definition) is 15. The van der Waals surface area contributed by atoms with E-state index in [0.717, 1.165) is 11.1 Å². The predicted molar refractivity (Wildman–Crippen MR) is 173 cm³/mol. The van der Waals surface area contributed by atoms with Gasteiger partial charge in [0.15, 0.2) is 11.7 Å². The van der Waals surface area contributed by atoms with Gasteiger partial charge in [0, 0.05) is 17.4 Å². The van der Waals surface area contributed by atoms with Crippen LogP contribution in [-0.2, 0) is 52.6 Å². The van der Waals surface area contributed by atoms with Crippen LogP contribution in [0.2, 0.25) is 0 Å². The SMILES string of the molecule is CC(CCOc1no[n+]([O-])c1S(=O)(=O)c1ccccc1)OC(=O)CCC(=O)O[C@@H]1[C@@]2(C(C)C)O[C@H]2[C@@H]2O[C@]23[C@]12O[C@H]2C[C@H]1C2=C(CC[C@@]13C)C(=O)OC2. The summed E-state index contributed by atoms with van der Waals surface area (Å²) in [6.07, 6.45) is -0.607. The number of rotatable bonds is 12. The molecule has 2 saturated carbocycles. The topological polar surface area (TPSA) is 213 Å². The van der Waals surface area contributed by atoms with Crippen LogP contribution in [0.4, 0.5) is 0 Å². The number of esters is 3. The summed E-state index contributed by atoms with van der Waals surface area (Å²) in [5.41, 5.74) is -1.00.